The van der Waals surface area contributed by atoms with Crippen molar-refractivity contribution in [1.82, 2.24) is 0 Å². The summed E-state index contributed by atoms with van der Waals surface area (Å²) < 4.78 is 5.80. The summed E-state index contributed by atoms with van der Waals surface area (Å²) in [7, 11) is 0. The first-order chi connectivity index (χ1) is 11.5. The Kier molecular flexibility index (Phi) is 5.63. The van der Waals surface area contributed by atoms with Gasteiger partial charge in [0.15, 0.2) is 0 Å². The Morgan fingerprint density at radius 1 is 0.833 bits per heavy atom. The van der Waals surface area contributed by atoms with E-state index in [9.17, 15) is 4.79 Å². The average Bonchev–Trinajstić information content (AvgIpc) is 2.55. The van der Waals surface area contributed by atoms with Gasteiger partial charge in [-0.25, -0.2) is 4.79 Å². The Morgan fingerprint density at radius 2 is 1.33 bits per heavy atom. The van der Waals surface area contributed by atoms with Crippen LogP contribution in [-0.2, 0) is 4.74 Å². The van der Waals surface area contributed by atoms with Crippen LogP contribution in [0.2, 0.25) is 0 Å². The molecular weight excluding hydrogens is 296 g/mol. The molecule has 132 valence electrons. The first kappa shape index (κ1) is 17.5. The van der Waals surface area contributed by atoms with Crippen molar-refractivity contribution in [2.24, 2.45) is 17.8 Å². The molecule has 0 unspecified atom stereocenters. The second-order valence-electron chi connectivity index (χ2n) is 8.34. The molecule has 3 rings (SSSR count). The number of carbonyl (C=O) groups is 1. The molecule has 2 aliphatic rings. The molecule has 0 radical (unpaired) electrons. The van der Waals surface area contributed by atoms with Crippen molar-refractivity contribution in [3.05, 3.63) is 34.9 Å². The molecule has 0 N–H and O–H groups in total. The Balaban J connectivity index is 1.49. The van der Waals surface area contributed by atoms with E-state index < -0.39 is 0 Å². The Hall–Kier alpha value is -1.31. The largest absolute Gasteiger partial charge is 0.459 e. The number of benzene rings is 1. The number of hydrogen-bond donors (Lipinski definition) is 0. The van der Waals surface area contributed by atoms with Crippen LogP contribution in [0.25, 0.3) is 0 Å². The topological polar surface area (TPSA) is 26.3 Å². The molecule has 0 spiro atoms. The average molecular weight is 328 g/mol. The summed E-state index contributed by atoms with van der Waals surface area (Å²) in [5.74, 6) is 2.58. The minimum atomic E-state index is -0.142. The summed E-state index contributed by atoms with van der Waals surface area (Å²) in [5, 5.41) is 0. The van der Waals surface area contributed by atoms with Crippen molar-refractivity contribution in [2.45, 2.75) is 78.2 Å². The van der Waals surface area contributed by atoms with Gasteiger partial charge >= 0.3 is 5.97 Å². The van der Waals surface area contributed by atoms with Crippen molar-refractivity contribution in [1.29, 1.82) is 0 Å². The van der Waals surface area contributed by atoms with E-state index in [-0.39, 0.29) is 12.1 Å². The van der Waals surface area contributed by atoms with Gasteiger partial charge in [-0.1, -0.05) is 37.0 Å². The highest BCUT2D eigenvalue weighted by Crippen LogP contribution is 2.40. The monoisotopic (exact) mass is 328 g/mol. The smallest absolute Gasteiger partial charge is 0.338 e. The van der Waals surface area contributed by atoms with Crippen molar-refractivity contribution >= 4 is 5.97 Å². The van der Waals surface area contributed by atoms with E-state index in [1.165, 1.54) is 38.5 Å². The number of carbonyl (C=O) groups excluding carboxylic acids is 1. The van der Waals surface area contributed by atoms with Gasteiger partial charge in [-0.05, 0) is 82.3 Å². The lowest BCUT2D eigenvalue weighted by Crippen LogP contribution is -2.29. The van der Waals surface area contributed by atoms with Crippen LogP contribution in [0.1, 0.15) is 79.8 Å². The molecule has 0 aromatic heterocycles. The SMILES string of the molecule is Cc1cc(C)cc(C(=O)OC2CCC(C3CCC(C)CC3)CC2)c1. The highest BCUT2D eigenvalue weighted by atomic mass is 16.5. The van der Waals surface area contributed by atoms with Crippen LogP contribution in [0.4, 0.5) is 0 Å². The zero-order valence-electron chi connectivity index (χ0n) is 15.5. The predicted molar refractivity (Wildman–Crippen MR) is 98.2 cm³/mol. The summed E-state index contributed by atoms with van der Waals surface area (Å²) >= 11 is 0. The van der Waals surface area contributed by atoms with Gasteiger partial charge in [-0.15, -0.1) is 0 Å². The number of rotatable bonds is 3. The van der Waals surface area contributed by atoms with E-state index in [1.54, 1.807) is 0 Å². The van der Waals surface area contributed by atoms with Gasteiger partial charge in [0.25, 0.3) is 0 Å². The first-order valence-electron chi connectivity index (χ1n) is 9.80. The van der Waals surface area contributed by atoms with Gasteiger partial charge in [0.1, 0.15) is 6.10 Å². The van der Waals surface area contributed by atoms with Gasteiger partial charge in [-0.2, -0.15) is 0 Å². The Bertz CT molecular complexity index is 541. The van der Waals surface area contributed by atoms with Crippen LogP contribution < -0.4 is 0 Å². The Morgan fingerprint density at radius 3 is 1.88 bits per heavy atom. The van der Waals surface area contributed by atoms with E-state index in [2.05, 4.69) is 13.0 Å². The maximum atomic E-state index is 12.4. The summed E-state index contributed by atoms with van der Waals surface area (Å²) in [6, 6.07) is 5.96. The maximum Gasteiger partial charge on any atom is 0.338 e. The van der Waals surface area contributed by atoms with Crippen molar-refractivity contribution in [3.63, 3.8) is 0 Å². The molecule has 2 saturated carbocycles. The fourth-order valence-electron chi connectivity index (χ4n) is 4.75. The van der Waals surface area contributed by atoms with Gasteiger partial charge < -0.3 is 4.74 Å². The maximum absolute atomic E-state index is 12.4. The normalized spacial score (nSPS) is 30.8. The third-order valence-corrected chi connectivity index (χ3v) is 6.18. The molecule has 0 atom stereocenters. The molecule has 0 saturated heterocycles. The highest BCUT2D eigenvalue weighted by molar-refractivity contribution is 5.90. The first-order valence-corrected chi connectivity index (χ1v) is 9.80. The third-order valence-electron chi connectivity index (χ3n) is 6.18. The molecule has 24 heavy (non-hydrogen) atoms. The predicted octanol–water partition coefficient (Wildman–Crippen LogP) is 5.85. The molecule has 2 heteroatoms. The van der Waals surface area contributed by atoms with Crippen LogP contribution in [0.15, 0.2) is 18.2 Å². The number of hydrogen-bond acceptors (Lipinski definition) is 2. The molecular formula is C22H32O2. The van der Waals surface area contributed by atoms with Crippen LogP contribution in [-0.4, -0.2) is 12.1 Å². The second-order valence-corrected chi connectivity index (χ2v) is 8.34. The van der Waals surface area contributed by atoms with Gasteiger partial charge in [-0.3, -0.25) is 0 Å². The number of esters is 1. The number of ether oxygens (including phenoxy) is 1. The minimum absolute atomic E-state index is 0.122. The van der Waals surface area contributed by atoms with E-state index in [0.717, 1.165) is 41.7 Å². The molecule has 0 amide bonds. The number of aryl methyl sites for hydroxylation is 2. The van der Waals surface area contributed by atoms with Crippen LogP contribution in [0.3, 0.4) is 0 Å². The zero-order chi connectivity index (χ0) is 17.1. The summed E-state index contributed by atoms with van der Waals surface area (Å²) in [6.45, 7) is 6.44. The van der Waals surface area contributed by atoms with E-state index in [4.69, 9.17) is 4.74 Å². The zero-order valence-corrected chi connectivity index (χ0v) is 15.5. The standard InChI is InChI=1S/C22H32O2/c1-15-4-6-18(7-5-15)19-8-10-21(11-9-19)24-22(23)20-13-16(2)12-17(3)14-20/h12-15,18-19,21H,4-11H2,1-3H3. The molecule has 1 aromatic carbocycles. The van der Waals surface area contributed by atoms with Gasteiger partial charge in [0, 0.05) is 0 Å². The molecule has 2 nitrogen and oxygen atoms in total. The highest BCUT2D eigenvalue weighted by Gasteiger charge is 2.31. The third kappa shape index (κ3) is 4.40. The van der Waals surface area contributed by atoms with Gasteiger partial charge in [0.05, 0.1) is 5.56 Å². The molecule has 0 bridgehead atoms. The van der Waals surface area contributed by atoms with Crippen molar-refractivity contribution in [2.75, 3.05) is 0 Å². The minimum Gasteiger partial charge on any atom is -0.459 e. The second kappa shape index (κ2) is 7.72. The molecule has 0 heterocycles. The molecule has 2 fully saturated rings. The van der Waals surface area contributed by atoms with E-state index >= 15 is 0 Å². The van der Waals surface area contributed by atoms with Crippen LogP contribution in [0, 0.1) is 31.6 Å². The lowest BCUT2D eigenvalue weighted by Gasteiger charge is -2.37. The summed E-state index contributed by atoms with van der Waals surface area (Å²) in [5.41, 5.74) is 2.95. The quantitative estimate of drug-likeness (QED) is 0.651. The van der Waals surface area contributed by atoms with Gasteiger partial charge in [0.2, 0.25) is 0 Å². The lowest BCUT2D eigenvalue weighted by molar-refractivity contribution is 0.0111. The lowest BCUT2D eigenvalue weighted by atomic mass is 9.71. The fraction of sp³-hybridized carbons (Fsp3) is 0.682. The van der Waals surface area contributed by atoms with Crippen molar-refractivity contribution in [3.8, 4) is 0 Å². The van der Waals surface area contributed by atoms with Crippen molar-refractivity contribution < 1.29 is 9.53 Å². The fourth-order valence-corrected chi connectivity index (χ4v) is 4.75. The van der Waals surface area contributed by atoms with E-state index in [1.807, 2.05) is 26.0 Å². The summed E-state index contributed by atoms with van der Waals surface area (Å²) in [4.78, 5) is 12.4. The molecule has 0 aliphatic heterocycles. The van der Waals surface area contributed by atoms with Crippen LogP contribution in [0.5, 0.6) is 0 Å². The molecule has 1 aromatic rings. The van der Waals surface area contributed by atoms with Crippen LogP contribution >= 0.6 is 0 Å². The summed E-state index contributed by atoms with van der Waals surface area (Å²) in [6.07, 6.45) is 10.3. The molecule has 2 aliphatic carbocycles. The van der Waals surface area contributed by atoms with E-state index in [0.29, 0.717) is 5.56 Å². The Labute approximate surface area is 147 Å².